The first kappa shape index (κ1) is 21.7. The van der Waals surface area contributed by atoms with Crippen molar-refractivity contribution in [3.05, 3.63) is 53.9 Å². The summed E-state index contributed by atoms with van der Waals surface area (Å²) in [7, 11) is -1.93. The summed E-state index contributed by atoms with van der Waals surface area (Å²) < 4.78 is 33.2. The Morgan fingerprint density at radius 2 is 1.70 bits per heavy atom. The molecule has 30 heavy (non-hydrogen) atoms. The van der Waals surface area contributed by atoms with Gasteiger partial charge < -0.3 is 9.30 Å². The quantitative estimate of drug-likeness (QED) is 0.687. The summed E-state index contributed by atoms with van der Waals surface area (Å²) in [4.78, 5) is 36.0. The van der Waals surface area contributed by atoms with Crippen molar-refractivity contribution < 1.29 is 27.5 Å². The number of piperidine rings is 1. The van der Waals surface area contributed by atoms with Crippen molar-refractivity contribution in [1.82, 2.24) is 14.2 Å². The van der Waals surface area contributed by atoms with E-state index >= 15 is 0 Å². The van der Waals surface area contributed by atoms with E-state index in [1.807, 2.05) is 0 Å². The molecule has 0 radical (unpaired) electrons. The lowest BCUT2D eigenvalue weighted by Gasteiger charge is -2.25. The van der Waals surface area contributed by atoms with E-state index in [1.165, 1.54) is 28.6 Å². The fraction of sp³-hybridized carbons (Fsp3) is 0.350. The predicted molar refractivity (Wildman–Crippen MR) is 107 cm³/mol. The Kier molecular flexibility index (Phi) is 6.68. The number of ether oxygens (including phenoxy) is 1. The highest BCUT2D eigenvalue weighted by Crippen LogP contribution is 2.21. The van der Waals surface area contributed by atoms with E-state index in [2.05, 4.69) is 5.32 Å². The minimum absolute atomic E-state index is 0.104. The van der Waals surface area contributed by atoms with Crippen LogP contribution in [0.25, 0.3) is 0 Å². The lowest BCUT2D eigenvalue weighted by atomic mass is 10.2. The number of amides is 2. The maximum Gasteiger partial charge on any atom is 0.338 e. The number of nitrogens with one attached hydrogen (secondary N) is 1. The molecule has 160 valence electrons. The van der Waals surface area contributed by atoms with Crippen molar-refractivity contribution in [3.8, 4) is 0 Å². The van der Waals surface area contributed by atoms with Crippen LogP contribution in [-0.4, -0.2) is 54.8 Å². The average Bonchev–Trinajstić information content (AvgIpc) is 3.18. The number of hydrogen-bond acceptors (Lipinski definition) is 6. The number of aryl methyl sites for hydroxylation is 1. The fourth-order valence-corrected chi connectivity index (χ4v) is 4.67. The van der Waals surface area contributed by atoms with Gasteiger partial charge in [-0.15, -0.1) is 0 Å². The molecule has 1 N–H and O–H groups in total. The largest absolute Gasteiger partial charge is 0.452 e. The summed E-state index contributed by atoms with van der Waals surface area (Å²) in [6.45, 7) is 0.342. The molecule has 0 spiro atoms. The third-order valence-electron chi connectivity index (χ3n) is 4.81. The molecule has 1 aliphatic heterocycles. The second-order valence-electron chi connectivity index (χ2n) is 6.95. The molecule has 2 aromatic rings. The van der Waals surface area contributed by atoms with Crippen LogP contribution in [0.5, 0.6) is 0 Å². The Bertz CT molecular complexity index is 1040. The van der Waals surface area contributed by atoms with E-state index < -0.39 is 34.4 Å². The summed E-state index contributed by atoms with van der Waals surface area (Å²) in [5, 5.41) is 2.13. The van der Waals surface area contributed by atoms with Crippen LogP contribution < -0.4 is 5.32 Å². The van der Waals surface area contributed by atoms with Gasteiger partial charge in [0, 0.05) is 26.3 Å². The topological polar surface area (TPSA) is 115 Å². The lowest BCUT2D eigenvalue weighted by Crippen LogP contribution is -2.35. The molecule has 1 aromatic heterocycles. The standard InChI is InChI=1S/C20H23N3O6S/c1-22-11-5-6-17(22)19(25)21-18(24)14-29-20(26)15-7-9-16(10-8-15)30(27,28)23-12-3-2-4-13-23/h5-11H,2-4,12-14H2,1H3,(H,21,24,25). The fourth-order valence-electron chi connectivity index (χ4n) is 3.16. The van der Waals surface area contributed by atoms with Gasteiger partial charge in [0.15, 0.2) is 6.61 Å². The monoisotopic (exact) mass is 433 g/mol. The number of carbonyl (C=O) groups is 3. The van der Waals surface area contributed by atoms with Crippen LogP contribution in [-0.2, 0) is 26.6 Å². The van der Waals surface area contributed by atoms with Gasteiger partial charge in [-0.2, -0.15) is 4.31 Å². The Balaban J connectivity index is 1.55. The van der Waals surface area contributed by atoms with Gasteiger partial charge in [-0.3, -0.25) is 14.9 Å². The zero-order valence-corrected chi connectivity index (χ0v) is 17.4. The summed E-state index contributed by atoms with van der Waals surface area (Å²) >= 11 is 0. The molecule has 1 aliphatic rings. The molecule has 1 aromatic carbocycles. The first-order valence-electron chi connectivity index (χ1n) is 9.52. The van der Waals surface area contributed by atoms with Crippen molar-refractivity contribution in [2.75, 3.05) is 19.7 Å². The van der Waals surface area contributed by atoms with Crippen molar-refractivity contribution in [1.29, 1.82) is 0 Å². The minimum Gasteiger partial charge on any atom is -0.452 e. The maximum absolute atomic E-state index is 12.6. The number of rotatable bonds is 6. The number of benzene rings is 1. The molecular formula is C20H23N3O6S. The number of esters is 1. The van der Waals surface area contributed by atoms with Crippen molar-refractivity contribution in [2.45, 2.75) is 24.2 Å². The van der Waals surface area contributed by atoms with Gasteiger partial charge in [-0.05, 0) is 49.2 Å². The van der Waals surface area contributed by atoms with Gasteiger partial charge in [-0.25, -0.2) is 13.2 Å². The second-order valence-corrected chi connectivity index (χ2v) is 8.88. The highest BCUT2D eigenvalue weighted by molar-refractivity contribution is 7.89. The first-order valence-corrected chi connectivity index (χ1v) is 11.0. The molecule has 0 bridgehead atoms. The average molecular weight is 433 g/mol. The van der Waals surface area contributed by atoms with Crippen molar-refractivity contribution in [2.24, 2.45) is 7.05 Å². The SMILES string of the molecule is Cn1cccc1C(=O)NC(=O)COC(=O)c1ccc(S(=O)(=O)N2CCCCC2)cc1. The van der Waals surface area contributed by atoms with Crippen molar-refractivity contribution >= 4 is 27.8 Å². The summed E-state index contributed by atoms with van der Waals surface area (Å²) in [5.74, 6) is -2.16. The van der Waals surface area contributed by atoms with Gasteiger partial charge in [0.2, 0.25) is 10.0 Å². The number of sulfonamides is 1. The maximum atomic E-state index is 12.6. The lowest BCUT2D eigenvalue weighted by molar-refractivity contribution is -0.123. The molecule has 10 heteroatoms. The van der Waals surface area contributed by atoms with Gasteiger partial charge >= 0.3 is 5.97 Å². The molecule has 0 saturated carbocycles. The van der Waals surface area contributed by atoms with Crippen LogP contribution in [0.1, 0.15) is 40.1 Å². The highest BCUT2D eigenvalue weighted by atomic mass is 32.2. The molecule has 1 saturated heterocycles. The molecule has 0 aliphatic carbocycles. The smallest absolute Gasteiger partial charge is 0.338 e. The Morgan fingerprint density at radius 1 is 1.03 bits per heavy atom. The molecule has 2 heterocycles. The zero-order valence-electron chi connectivity index (χ0n) is 16.5. The van der Waals surface area contributed by atoms with Crippen molar-refractivity contribution in [3.63, 3.8) is 0 Å². The number of nitrogens with zero attached hydrogens (tertiary/aromatic N) is 2. The second kappa shape index (κ2) is 9.23. The van der Waals surface area contributed by atoms with E-state index in [0.717, 1.165) is 19.3 Å². The molecular weight excluding hydrogens is 410 g/mol. The third kappa shape index (κ3) is 4.95. The van der Waals surface area contributed by atoms with Gasteiger partial charge in [0.1, 0.15) is 5.69 Å². The Labute approximate surface area is 174 Å². The van der Waals surface area contributed by atoms with E-state index in [4.69, 9.17) is 4.74 Å². The summed E-state index contributed by atoms with van der Waals surface area (Å²) in [6, 6.07) is 8.58. The molecule has 9 nitrogen and oxygen atoms in total. The normalized spacial score (nSPS) is 14.8. The van der Waals surface area contributed by atoms with E-state index in [-0.39, 0.29) is 10.5 Å². The molecule has 3 rings (SSSR count). The number of carbonyl (C=O) groups excluding carboxylic acids is 3. The zero-order chi connectivity index (χ0) is 21.7. The first-order chi connectivity index (χ1) is 14.3. The number of aromatic nitrogens is 1. The minimum atomic E-state index is -3.59. The highest BCUT2D eigenvalue weighted by Gasteiger charge is 2.26. The van der Waals surface area contributed by atoms with E-state index in [9.17, 15) is 22.8 Å². The van der Waals surface area contributed by atoms with E-state index in [1.54, 1.807) is 29.9 Å². The molecule has 2 amide bonds. The van der Waals surface area contributed by atoms with Crippen LogP contribution in [0.2, 0.25) is 0 Å². The van der Waals surface area contributed by atoms with Crippen LogP contribution in [0, 0.1) is 0 Å². The molecule has 0 unspecified atom stereocenters. The van der Waals surface area contributed by atoms with Gasteiger partial charge in [0.25, 0.3) is 11.8 Å². The van der Waals surface area contributed by atoms with E-state index in [0.29, 0.717) is 18.8 Å². The predicted octanol–water partition coefficient (Wildman–Crippen LogP) is 1.31. The Morgan fingerprint density at radius 3 is 2.30 bits per heavy atom. The van der Waals surface area contributed by atoms with Gasteiger partial charge in [-0.1, -0.05) is 6.42 Å². The van der Waals surface area contributed by atoms with Crippen LogP contribution >= 0.6 is 0 Å². The van der Waals surface area contributed by atoms with Crippen LogP contribution in [0.4, 0.5) is 0 Å². The number of imide groups is 1. The summed E-state index contributed by atoms with van der Waals surface area (Å²) in [6.07, 6.45) is 4.34. The molecule has 1 fully saturated rings. The molecule has 0 atom stereocenters. The number of hydrogen-bond donors (Lipinski definition) is 1. The van der Waals surface area contributed by atoms with Crippen LogP contribution in [0.3, 0.4) is 0 Å². The van der Waals surface area contributed by atoms with Crippen LogP contribution in [0.15, 0.2) is 47.5 Å². The summed E-state index contributed by atoms with van der Waals surface area (Å²) in [5.41, 5.74) is 0.398. The third-order valence-corrected chi connectivity index (χ3v) is 6.72. The van der Waals surface area contributed by atoms with Gasteiger partial charge in [0.05, 0.1) is 10.5 Å². The Hall–Kier alpha value is -2.98.